The van der Waals surface area contributed by atoms with Crippen molar-refractivity contribution in [2.24, 2.45) is 17.8 Å². The minimum atomic E-state index is -0.917. The van der Waals surface area contributed by atoms with Crippen molar-refractivity contribution in [3.8, 4) is 0 Å². The maximum absolute atomic E-state index is 7.65. The van der Waals surface area contributed by atoms with E-state index in [0.29, 0.717) is 5.92 Å². The molecule has 0 heterocycles. The summed E-state index contributed by atoms with van der Waals surface area (Å²) >= 11 is 0. The molecule has 2 saturated carbocycles. The van der Waals surface area contributed by atoms with Crippen LogP contribution in [0.3, 0.4) is 0 Å². The zero-order valence-electron chi connectivity index (χ0n) is 8.06. The van der Waals surface area contributed by atoms with Gasteiger partial charge in [-0.25, -0.2) is 0 Å². The van der Waals surface area contributed by atoms with Crippen molar-refractivity contribution in [2.45, 2.75) is 39.0 Å². The van der Waals surface area contributed by atoms with Crippen LogP contribution in [-0.4, -0.2) is 0 Å². The van der Waals surface area contributed by atoms with Gasteiger partial charge in [-0.05, 0) is 37.0 Å². The van der Waals surface area contributed by atoms with Crippen molar-refractivity contribution in [3.63, 3.8) is 0 Å². The van der Waals surface area contributed by atoms with Gasteiger partial charge in [0.15, 0.2) is 0 Å². The van der Waals surface area contributed by atoms with Crippen LogP contribution in [0.5, 0.6) is 0 Å². The predicted octanol–water partition coefficient (Wildman–Crippen LogP) is 2.83. The Morgan fingerprint density at radius 1 is 1.44 bits per heavy atom. The molecule has 3 unspecified atom stereocenters. The minimum absolute atomic E-state index is 0.376. The SMILES string of the molecule is [2H]C([2H])(C)C1CC2CCC1C2. The Morgan fingerprint density at radius 2 is 2.33 bits per heavy atom. The van der Waals surface area contributed by atoms with Gasteiger partial charge in [0.1, 0.15) is 0 Å². The molecule has 52 valence electrons. The molecule has 0 spiro atoms. The molecule has 0 radical (unpaired) electrons. The van der Waals surface area contributed by atoms with Crippen LogP contribution in [0.4, 0.5) is 0 Å². The second-order valence-electron chi connectivity index (χ2n) is 3.57. The average molecular weight is 126 g/mol. The molecule has 2 aliphatic rings. The maximum Gasteiger partial charge on any atom is 0.0267 e. The van der Waals surface area contributed by atoms with Crippen LogP contribution < -0.4 is 0 Å². The molecule has 0 nitrogen and oxygen atoms in total. The van der Waals surface area contributed by atoms with Gasteiger partial charge >= 0.3 is 0 Å². The lowest BCUT2D eigenvalue weighted by Gasteiger charge is -2.18. The molecule has 2 bridgehead atoms. The highest BCUT2D eigenvalue weighted by atomic mass is 14.4. The first kappa shape index (κ1) is 4.00. The van der Waals surface area contributed by atoms with Crippen molar-refractivity contribution in [1.82, 2.24) is 0 Å². The summed E-state index contributed by atoms with van der Waals surface area (Å²) in [4.78, 5) is 0. The standard InChI is InChI=1S/C9H16/c1-2-8-5-7-3-4-9(8)6-7/h7-9H,2-6H2,1H3/i2D2. The van der Waals surface area contributed by atoms with E-state index in [4.69, 9.17) is 2.74 Å². The summed E-state index contributed by atoms with van der Waals surface area (Å²) in [7, 11) is 0. The fourth-order valence-electron chi connectivity index (χ4n) is 2.60. The fraction of sp³-hybridized carbons (Fsp3) is 1.00. The largest absolute Gasteiger partial charge is 0.0651 e. The summed E-state index contributed by atoms with van der Waals surface area (Å²) in [5.41, 5.74) is 0. The molecule has 0 aromatic heterocycles. The van der Waals surface area contributed by atoms with Gasteiger partial charge in [-0.3, -0.25) is 0 Å². The van der Waals surface area contributed by atoms with Crippen molar-refractivity contribution >= 4 is 0 Å². The Morgan fingerprint density at radius 3 is 2.67 bits per heavy atom. The summed E-state index contributed by atoms with van der Waals surface area (Å²) in [6, 6.07) is 0. The zero-order chi connectivity index (χ0) is 8.06. The third-order valence-corrected chi connectivity index (χ3v) is 3.11. The van der Waals surface area contributed by atoms with E-state index in [1.165, 1.54) is 19.3 Å². The molecule has 0 heteroatoms. The van der Waals surface area contributed by atoms with E-state index in [2.05, 4.69) is 0 Å². The molecule has 2 aliphatic carbocycles. The fourth-order valence-corrected chi connectivity index (χ4v) is 2.60. The summed E-state index contributed by atoms with van der Waals surface area (Å²) in [6.45, 7) is 1.75. The lowest BCUT2D eigenvalue weighted by Crippen LogP contribution is -2.08. The molecular formula is C9H16. The van der Waals surface area contributed by atoms with Crippen molar-refractivity contribution in [2.75, 3.05) is 0 Å². The van der Waals surface area contributed by atoms with Gasteiger partial charge in [-0.1, -0.05) is 19.7 Å². The smallest absolute Gasteiger partial charge is 0.0267 e. The Kier molecular flexibility index (Phi) is 0.889. The van der Waals surface area contributed by atoms with Gasteiger partial charge in [0.05, 0.1) is 0 Å². The highest BCUT2D eigenvalue weighted by Crippen LogP contribution is 2.49. The number of rotatable bonds is 1. The molecule has 2 fully saturated rings. The Bertz CT molecular complexity index is 159. The van der Waals surface area contributed by atoms with E-state index < -0.39 is 6.37 Å². The van der Waals surface area contributed by atoms with Crippen molar-refractivity contribution in [3.05, 3.63) is 0 Å². The van der Waals surface area contributed by atoms with E-state index in [0.717, 1.165) is 18.3 Å². The predicted molar refractivity (Wildman–Crippen MR) is 39.2 cm³/mol. The van der Waals surface area contributed by atoms with Crippen LogP contribution in [0, 0.1) is 17.8 Å². The van der Waals surface area contributed by atoms with Crippen LogP contribution in [-0.2, 0) is 0 Å². The van der Waals surface area contributed by atoms with Crippen molar-refractivity contribution in [1.29, 1.82) is 0 Å². The Balaban J connectivity index is 2.08. The number of hydrogen-bond acceptors (Lipinski definition) is 0. The third-order valence-electron chi connectivity index (χ3n) is 3.11. The van der Waals surface area contributed by atoms with Crippen LogP contribution in [0.15, 0.2) is 0 Å². The Hall–Kier alpha value is 0. The lowest BCUT2D eigenvalue weighted by molar-refractivity contribution is 0.324. The monoisotopic (exact) mass is 126 g/mol. The summed E-state index contributed by atoms with van der Waals surface area (Å²) in [6.07, 6.45) is 4.23. The van der Waals surface area contributed by atoms with Gasteiger partial charge in [0.25, 0.3) is 0 Å². The molecule has 0 amide bonds. The Labute approximate surface area is 60.5 Å². The van der Waals surface area contributed by atoms with E-state index in [1.54, 1.807) is 6.92 Å². The molecule has 0 aromatic rings. The maximum atomic E-state index is 7.65. The third kappa shape index (κ3) is 0.798. The molecule has 2 rings (SSSR count). The first-order valence-corrected chi connectivity index (χ1v) is 4.07. The molecule has 0 saturated heterocycles. The normalized spacial score (nSPS) is 53.2. The molecule has 9 heavy (non-hydrogen) atoms. The molecular weight excluding hydrogens is 108 g/mol. The molecule has 0 aliphatic heterocycles. The molecule has 3 atom stereocenters. The summed E-state index contributed by atoms with van der Waals surface area (Å²) < 4.78 is 15.3. The topological polar surface area (TPSA) is 0 Å². The van der Waals surface area contributed by atoms with Crippen LogP contribution in [0.2, 0.25) is 0 Å². The quantitative estimate of drug-likeness (QED) is 0.507. The van der Waals surface area contributed by atoms with Gasteiger partial charge in [0, 0.05) is 2.74 Å². The van der Waals surface area contributed by atoms with Gasteiger partial charge in [-0.2, -0.15) is 0 Å². The molecule has 0 aromatic carbocycles. The first-order chi connectivity index (χ1) is 5.07. The van der Waals surface area contributed by atoms with Crippen LogP contribution in [0.1, 0.15) is 41.7 Å². The summed E-state index contributed by atoms with van der Waals surface area (Å²) in [5.74, 6) is 1.97. The van der Waals surface area contributed by atoms with Crippen molar-refractivity contribution < 1.29 is 2.74 Å². The van der Waals surface area contributed by atoms with E-state index in [1.807, 2.05) is 0 Å². The summed E-state index contributed by atoms with van der Waals surface area (Å²) in [5, 5.41) is 0. The molecule has 0 N–H and O–H groups in total. The second-order valence-corrected chi connectivity index (χ2v) is 3.57. The van der Waals surface area contributed by atoms with E-state index in [9.17, 15) is 0 Å². The lowest BCUT2D eigenvalue weighted by atomic mass is 9.87. The van der Waals surface area contributed by atoms with Crippen LogP contribution in [0.25, 0.3) is 0 Å². The zero-order valence-corrected chi connectivity index (χ0v) is 6.06. The number of hydrogen-bond donors (Lipinski definition) is 0. The van der Waals surface area contributed by atoms with E-state index in [-0.39, 0.29) is 0 Å². The van der Waals surface area contributed by atoms with Crippen LogP contribution >= 0.6 is 0 Å². The first-order valence-electron chi connectivity index (χ1n) is 5.07. The van der Waals surface area contributed by atoms with Gasteiger partial charge in [-0.15, -0.1) is 0 Å². The van der Waals surface area contributed by atoms with E-state index >= 15 is 0 Å². The average Bonchev–Trinajstić information content (AvgIpc) is 2.42. The minimum Gasteiger partial charge on any atom is -0.0651 e. The highest BCUT2D eigenvalue weighted by molar-refractivity contribution is 4.88. The number of fused-ring (bicyclic) bond motifs is 2. The second kappa shape index (κ2) is 2.00. The van der Waals surface area contributed by atoms with Gasteiger partial charge < -0.3 is 0 Å². The van der Waals surface area contributed by atoms with Gasteiger partial charge in [0.2, 0.25) is 0 Å². The highest BCUT2D eigenvalue weighted by Gasteiger charge is 2.37.